The van der Waals surface area contributed by atoms with Crippen molar-refractivity contribution >= 4 is 5.82 Å². The first-order chi connectivity index (χ1) is 9.58. The van der Waals surface area contributed by atoms with Crippen molar-refractivity contribution in [2.45, 2.75) is 45.4 Å². The SMILES string of the molecule is Cc1nc(-c2ccccc2C2CC2)nc(N)c1C(C)C. The fraction of sp³-hybridized carbons (Fsp3) is 0.412. The molecule has 1 saturated carbocycles. The number of benzene rings is 1. The molecule has 1 aliphatic carbocycles. The highest BCUT2D eigenvalue weighted by molar-refractivity contribution is 5.64. The zero-order valence-corrected chi connectivity index (χ0v) is 12.4. The van der Waals surface area contributed by atoms with Crippen molar-refractivity contribution in [2.75, 3.05) is 5.73 Å². The highest BCUT2D eigenvalue weighted by atomic mass is 15.0. The molecule has 3 rings (SSSR count). The van der Waals surface area contributed by atoms with Crippen molar-refractivity contribution in [2.24, 2.45) is 0 Å². The maximum absolute atomic E-state index is 6.15. The van der Waals surface area contributed by atoms with Crippen LogP contribution in [0.5, 0.6) is 0 Å². The van der Waals surface area contributed by atoms with E-state index in [0.29, 0.717) is 17.7 Å². The lowest BCUT2D eigenvalue weighted by molar-refractivity contribution is 0.836. The van der Waals surface area contributed by atoms with Gasteiger partial charge in [0.25, 0.3) is 0 Å². The lowest BCUT2D eigenvalue weighted by Gasteiger charge is -2.14. The van der Waals surface area contributed by atoms with Crippen LogP contribution in [0.15, 0.2) is 24.3 Å². The van der Waals surface area contributed by atoms with Crippen molar-refractivity contribution in [1.29, 1.82) is 0 Å². The van der Waals surface area contributed by atoms with Gasteiger partial charge >= 0.3 is 0 Å². The zero-order chi connectivity index (χ0) is 14.3. The van der Waals surface area contributed by atoms with Crippen LogP contribution >= 0.6 is 0 Å². The topological polar surface area (TPSA) is 51.8 Å². The Kier molecular flexibility index (Phi) is 3.20. The quantitative estimate of drug-likeness (QED) is 0.913. The van der Waals surface area contributed by atoms with Gasteiger partial charge in [-0.25, -0.2) is 9.97 Å². The predicted octanol–water partition coefficient (Wildman–Crippen LogP) is 4.04. The molecule has 1 aliphatic rings. The summed E-state index contributed by atoms with van der Waals surface area (Å²) in [4.78, 5) is 9.27. The van der Waals surface area contributed by atoms with Gasteiger partial charge in [0.05, 0.1) is 0 Å². The number of hydrogen-bond donors (Lipinski definition) is 1. The van der Waals surface area contributed by atoms with E-state index >= 15 is 0 Å². The zero-order valence-electron chi connectivity index (χ0n) is 12.4. The van der Waals surface area contributed by atoms with Crippen LogP contribution in [0.4, 0.5) is 5.82 Å². The van der Waals surface area contributed by atoms with E-state index in [1.54, 1.807) is 0 Å². The molecule has 20 heavy (non-hydrogen) atoms. The predicted molar refractivity (Wildman–Crippen MR) is 82.7 cm³/mol. The summed E-state index contributed by atoms with van der Waals surface area (Å²) in [5.41, 5.74) is 10.7. The average molecular weight is 267 g/mol. The molecule has 1 aromatic carbocycles. The van der Waals surface area contributed by atoms with Gasteiger partial charge in [-0.05, 0) is 37.2 Å². The van der Waals surface area contributed by atoms with Gasteiger partial charge in [0.2, 0.25) is 0 Å². The Hall–Kier alpha value is -1.90. The van der Waals surface area contributed by atoms with Gasteiger partial charge in [-0.3, -0.25) is 0 Å². The van der Waals surface area contributed by atoms with Gasteiger partial charge in [-0.15, -0.1) is 0 Å². The van der Waals surface area contributed by atoms with Crippen molar-refractivity contribution in [1.82, 2.24) is 9.97 Å². The van der Waals surface area contributed by atoms with Crippen molar-refractivity contribution in [3.8, 4) is 11.4 Å². The largest absolute Gasteiger partial charge is 0.383 e. The second kappa shape index (κ2) is 4.89. The molecule has 3 heteroatoms. The second-order valence-electron chi connectivity index (χ2n) is 5.95. The molecule has 0 amide bonds. The van der Waals surface area contributed by atoms with E-state index in [1.165, 1.54) is 18.4 Å². The Morgan fingerprint density at radius 2 is 1.85 bits per heavy atom. The molecule has 0 saturated heterocycles. The van der Waals surface area contributed by atoms with Crippen LogP contribution < -0.4 is 5.73 Å². The lowest BCUT2D eigenvalue weighted by atomic mass is 10.00. The monoisotopic (exact) mass is 267 g/mol. The number of hydrogen-bond acceptors (Lipinski definition) is 3. The fourth-order valence-electron chi connectivity index (χ4n) is 2.89. The van der Waals surface area contributed by atoms with Crippen molar-refractivity contribution in [3.05, 3.63) is 41.1 Å². The van der Waals surface area contributed by atoms with Gasteiger partial charge in [0, 0.05) is 16.8 Å². The summed E-state index contributed by atoms with van der Waals surface area (Å²) < 4.78 is 0. The molecule has 3 nitrogen and oxygen atoms in total. The van der Waals surface area contributed by atoms with E-state index in [-0.39, 0.29) is 0 Å². The summed E-state index contributed by atoms with van der Waals surface area (Å²) >= 11 is 0. The Bertz CT molecular complexity index is 619. The number of anilines is 1. The average Bonchev–Trinajstić information content (AvgIpc) is 3.21. The molecule has 2 aromatic rings. The molecule has 104 valence electrons. The number of nitrogens with two attached hydrogens (primary N) is 1. The Balaban J connectivity index is 2.12. The molecule has 0 atom stereocenters. The van der Waals surface area contributed by atoms with Crippen LogP contribution in [0.2, 0.25) is 0 Å². The number of aromatic nitrogens is 2. The normalized spacial score (nSPS) is 14.8. The van der Waals surface area contributed by atoms with Gasteiger partial charge in [0.1, 0.15) is 5.82 Å². The molecule has 0 aliphatic heterocycles. The van der Waals surface area contributed by atoms with Crippen LogP contribution in [0.1, 0.15) is 55.3 Å². The van der Waals surface area contributed by atoms with E-state index in [4.69, 9.17) is 10.7 Å². The number of aryl methyl sites for hydroxylation is 1. The van der Waals surface area contributed by atoms with Gasteiger partial charge in [-0.1, -0.05) is 38.1 Å². The molecular formula is C17H21N3. The molecule has 1 heterocycles. The molecule has 0 bridgehead atoms. The third-order valence-corrected chi connectivity index (χ3v) is 3.96. The summed E-state index contributed by atoms with van der Waals surface area (Å²) in [5.74, 6) is 2.42. The minimum atomic E-state index is 0.350. The fourth-order valence-corrected chi connectivity index (χ4v) is 2.89. The Morgan fingerprint density at radius 3 is 2.45 bits per heavy atom. The van der Waals surface area contributed by atoms with Crippen LogP contribution in [-0.4, -0.2) is 9.97 Å². The van der Waals surface area contributed by atoms with Gasteiger partial charge < -0.3 is 5.73 Å². The number of rotatable bonds is 3. The first-order valence-corrected chi connectivity index (χ1v) is 7.31. The Morgan fingerprint density at radius 1 is 1.15 bits per heavy atom. The maximum Gasteiger partial charge on any atom is 0.162 e. The molecule has 0 radical (unpaired) electrons. The van der Waals surface area contributed by atoms with Crippen molar-refractivity contribution in [3.63, 3.8) is 0 Å². The number of nitrogen functional groups attached to an aromatic ring is 1. The van der Waals surface area contributed by atoms with Crippen LogP contribution in [0.25, 0.3) is 11.4 Å². The minimum Gasteiger partial charge on any atom is -0.383 e. The highest BCUT2D eigenvalue weighted by Crippen LogP contribution is 2.44. The molecule has 0 spiro atoms. The van der Waals surface area contributed by atoms with E-state index in [0.717, 1.165) is 22.6 Å². The summed E-state index contributed by atoms with van der Waals surface area (Å²) in [7, 11) is 0. The molecule has 0 unspecified atom stereocenters. The van der Waals surface area contributed by atoms with E-state index in [2.05, 4.69) is 37.0 Å². The third kappa shape index (κ3) is 2.28. The maximum atomic E-state index is 6.15. The van der Waals surface area contributed by atoms with Crippen LogP contribution in [0.3, 0.4) is 0 Å². The first kappa shape index (κ1) is 13.1. The van der Waals surface area contributed by atoms with Gasteiger partial charge in [-0.2, -0.15) is 0 Å². The van der Waals surface area contributed by atoms with Crippen molar-refractivity contribution < 1.29 is 0 Å². The minimum absolute atomic E-state index is 0.350. The summed E-state index contributed by atoms with van der Waals surface area (Å²) in [6.07, 6.45) is 2.55. The van der Waals surface area contributed by atoms with E-state index < -0.39 is 0 Å². The Labute approximate surface area is 120 Å². The third-order valence-electron chi connectivity index (χ3n) is 3.96. The smallest absolute Gasteiger partial charge is 0.162 e. The summed E-state index contributed by atoms with van der Waals surface area (Å²) in [6.45, 7) is 6.27. The highest BCUT2D eigenvalue weighted by Gasteiger charge is 2.27. The summed E-state index contributed by atoms with van der Waals surface area (Å²) in [6, 6.07) is 8.44. The first-order valence-electron chi connectivity index (χ1n) is 7.31. The molecular weight excluding hydrogens is 246 g/mol. The van der Waals surface area contributed by atoms with Crippen LogP contribution in [0, 0.1) is 6.92 Å². The van der Waals surface area contributed by atoms with Crippen LogP contribution in [-0.2, 0) is 0 Å². The molecule has 2 N–H and O–H groups in total. The molecule has 1 aromatic heterocycles. The van der Waals surface area contributed by atoms with Gasteiger partial charge in [0.15, 0.2) is 5.82 Å². The number of nitrogens with zero attached hydrogens (tertiary/aromatic N) is 2. The standard InChI is InChI=1S/C17H21N3/c1-10(2)15-11(3)19-17(20-16(15)18)14-7-5-4-6-13(14)12-8-9-12/h4-7,10,12H,8-9H2,1-3H3,(H2,18,19,20). The lowest BCUT2D eigenvalue weighted by Crippen LogP contribution is -2.07. The summed E-state index contributed by atoms with van der Waals surface area (Å²) in [5, 5.41) is 0. The molecule has 1 fully saturated rings. The van der Waals surface area contributed by atoms with E-state index in [9.17, 15) is 0 Å². The second-order valence-corrected chi connectivity index (χ2v) is 5.95. The van der Waals surface area contributed by atoms with E-state index in [1.807, 2.05) is 13.0 Å².